The van der Waals surface area contributed by atoms with E-state index in [1.165, 1.54) is 16.3 Å². The summed E-state index contributed by atoms with van der Waals surface area (Å²) in [5.74, 6) is 1.89. The monoisotopic (exact) mass is 465 g/mol. The normalized spacial score (nSPS) is 11.0. The topological polar surface area (TPSA) is 65.4 Å². The predicted molar refractivity (Wildman–Crippen MR) is 138 cm³/mol. The van der Waals surface area contributed by atoms with Crippen LogP contribution in [0.5, 0.6) is 11.5 Å². The Balaban J connectivity index is 1.35. The van der Waals surface area contributed by atoms with Crippen molar-refractivity contribution < 1.29 is 14.3 Å². The SMILES string of the molecule is COc1ccc(C(=O)NCCc2nc3ccccc3n2Cc2ccc3ccccc3c2)cc1OC. The Morgan fingerprint density at radius 2 is 1.63 bits per heavy atom. The first-order chi connectivity index (χ1) is 17.2. The van der Waals surface area contributed by atoms with Crippen molar-refractivity contribution in [2.24, 2.45) is 0 Å². The average molecular weight is 466 g/mol. The van der Waals surface area contributed by atoms with E-state index in [0.717, 1.165) is 16.9 Å². The molecule has 1 amide bonds. The number of ether oxygens (including phenoxy) is 2. The van der Waals surface area contributed by atoms with Gasteiger partial charge < -0.3 is 19.4 Å². The molecule has 1 heterocycles. The van der Waals surface area contributed by atoms with Crippen molar-refractivity contribution in [3.63, 3.8) is 0 Å². The lowest BCUT2D eigenvalue weighted by molar-refractivity contribution is 0.0953. The van der Waals surface area contributed by atoms with Crippen molar-refractivity contribution in [1.29, 1.82) is 0 Å². The average Bonchev–Trinajstić information content (AvgIpc) is 3.25. The summed E-state index contributed by atoms with van der Waals surface area (Å²) in [4.78, 5) is 17.6. The Labute approximate surface area is 204 Å². The fourth-order valence-electron chi connectivity index (χ4n) is 4.38. The summed E-state index contributed by atoms with van der Waals surface area (Å²) in [6, 6.07) is 28.2. The molecule has 0 aliphatic rings. The first kappa shape index (κ1) is 22.5. The predicted octanol–water partition coefficient (Wildman–Crippen LogP) is 5.23. The van der Waals surface area contributed by atoms with Gasteiger partial charge in [0.05, 0.1) is 25.3 Å². The summed E-state index contributed by atoms with van der Waals surface area (Å²) >= 11 is 0. The van der Waals surface area contributed by atoms with Gasteiger partial charge in [-0.1, -0.05) is 48.5 Å². The molecule has 6 heteroatoms. The van der Waals surface area contributed by atoms with Crippen LogP contribution in [0.3, 0.4) is 0 Å². The zero-order valence-electron chi connectivity index (χ0n) is 19.8. The van der Waals surface area contributed by atoms with Crippen molar-refractivity contribution in [2.75, 3.05) is 20.8 Å². The number of imidazole rings is 1. The van der Waals surface area contributed by atoms with E-state index in [9.17, 15) is 4.79 Å². The molecule has 6 nitrogen and oxygen atoms in total. The van der Waals surface area contributed by atoms with Gasteiger partial charge >= 0.3 is 0 Å². The first-order valence-electron chi connectivity index (χ1n) is 11.6. The van der Waals surface area contributed by atoms with Gasteiger partial charge in [0.15, 0.2) is 11.5 Å². The van der Waals surface area contributed by atoms with Crippen LogP contribution in [-0.4, -0.2) is 36.2 Å². The van der Waals surface area contributed by atoms with Crippen LogP contribution in [-0.2, 0) is 13.0 Å². The van der Waals surface area contributed by atoms with E-state index in [0.29, 0.717) is 36.6 Å². The van der Waals surface area contributed by atoms with Gasteiger partial charge in [-0.2, -0.15) is 0 Å². The van der Waals surface area contributed by atoms with E-state index in [4.69, 9.17) is 14.5 Å². The Hall–Kier alpha value is -4.32. The number of benzene rings is 4. The minimum absolute atomic E-state index is 0.164. The van der Waals surface area contributed by atoms with E-state index in [-0.39, 0.29) is 5.91 Å². The second kappa shape index (κ2) is 9.89. The summed E-state index contributed by atoms with van der Waals surface area (Å²) in [5.41, 5.74) is 3.77. The van der Waals surface area contributed by atoms with E-state index in [1.807, 2.05) is 18.2 Å². The maximum absolute atomic E-state index is 12.7. The molecule has 4 aromatic carbocycles. The summed E-state index contributed by atoms with van der Waals surface area (Å²) in [5, 5.41) is 5.45. The number of aromatic nitrogens is 2. The van der Waals surface area contributed by atoms with Crippen molar-refractivity contribution >= 4 is 27.7 Å². The summed E-state index contributed by atoms with van der Waals surface area (Å²) < 4.78 is 12.8. The minimum Gasteiger partial charge on any atom is -0.493 e. The molecule has 176 valence electrons. The number of amides is 1. The van der Waals surface area contributed by atoms with E-state index in [1.54, 1.807) is 32.4 Å². The molecule has 0 spiro atoms. The van der Waals surface area contributed by atoms with E-state index in [2.05, 4.69) is 58.4 Å². The van der Waals surface area contributed by atoms with Crippen LogP contribution in [0.1, 0.15) is 21.7 Å². The highest BCUT2D eigenvalue weighted by molar-refractivity contribution is 5.94. The number of para-hydroxylation sites is 2. The molecular weight excluding hydrogens is 438 g/mol. The van der Waals surface area contributed by atoms with E-state index >= 15 is 0 Å². The number of hydrogen-bond donors (Lipinski definition) is 1. The third-order valence-electron chi connectivity index (χ3n) is 6.17. The molecule has 0 aliphatic carbocycles. The molecule has 5 aromatic rings. The molecule has 0 radical (unpaired) electrons. The fourth-order valence-corrected chi connectivity index (χ4v) is 4.38. The highest BCUT2D eigenvalue weighted by Crippen LogP contribution is 2.27. The number of nitrogens with one attached hydrogen (secondary N) is 1. The maximum atomic E-state index is 12.7. The smallest absolute Gasteiger partial charge is 0.251 e. The molecule has 0 bridgehead atoms. The van der Waals surface area contributed by atoms with Gasteiger partial charge in [0.2, 0.25) is 0 Å². The number of carbonyl (C=O) groups excluding carboxylic acids is 1. The molecule has 35 heavy (non-hydrogen) atoms. The van der Waals surface area contributed by atoms with Gasteiger partial charge in [-0.05, 0) is 52.7 Å². The van der Waals surface area contributed by atoms with Crippen LogP contribution in [0.15, 0.2) is 84.9 Å². The standard InChI is InChI=1S/C29H27N3O3/c1-34-26-14-13-23(18-27(26)35-2)29(33)30-16-15-28-31-24-9-5-6-10-25(24)32(28)19-20-11-12-21-7-3-4-8-22(21)17-20/h3-14,17-18H,15-16,19H2,1-2H3,(H,30,33). The molecule has 1 N–H and O–H groups in total. The molecule has 5 rings (SSSR count). The van der Waals surface area contributed by atoms with Crippen molar-refractivity contribution in [2.45, 2.75) is 13.0 Å². The quantitative estimate of drug-likeness (QED) is 0.341. The van der Waals surface area contributed by atoms with Gasteiger partial charge in [0.25, 0.3) is 5.91 Å². The fraction of sp³-hybridized carbons (Fsp3) is 0.172. The van der Waals surface area contributed by atoms with Crippen molar-refractivity contribution in [3.8, 4) is 11.5 Å². The number of methoxy groups -OCH3 is 2. The number of carbonyl (C=O) groups is 1. The number of nitrogens with zero attached hydrogens (tertiary/aromatic N) is 2. The van der Waals surface area contributed by atoms with Crippen molar-refractivity contribution in [1.82, 2.24) is 14.9 Å². The zero-order chi connectivity index (χ0) is 24.2. The van der Waals surface area contributed by atoms with Crippen molar-refractivity contribution in [3.05, 3.63) is 102 Å². The van der Waals surface area contributed by atoms with Gasteiger partial charge in [-0.15, -0.1) is 0 Å². The molecule has 0 aliphatic heterocycles. The third kappa shape index (κ3) is 4.68. The minimum atomic E-state index is -0.164. The number of rotatable bonds is 8. The lowest BCUT2D eigenvalue weighted by atomic mass is 10.1. The Kier molecular flexibility index (Phi) is 6.35. The molecule has 0 saturated heterocycles. The van der Waals surface area contributed by atoms with Crippen LogP contribution >= 0.6 is 0 Å². The molecule has 1 aromatic heterocycles. The Morgan fingerprint density at radius 3 is 2.46 bits per heavy atom. The van der Waals surface area contributed by atoms with Gasteiger partial charge in [0, 0.05) is 25.1 Å². The van der Waals surface area contributed by atoms with Crippen LogP contribution < -0.4 is 14.8 Å². The van der Waals surface area contributed by atoms with Crippen LogP contribution in [0.25, 0.3) is 21.8 Å². The van der Waals surface area contributed by atoms with E-state index < -0.39 is 0 Å². The zero-order valence-corrected chi connectivity index (χ0v) is 19.8. The summed E-state index contributed by atoms with van der Waals surface area (Å²) in [6.45, 7) is 1.18. The molecule has 0 atom stereocenters. The molecule has 0 saturated carbocycles. The number of fused-ring (bicyclic) bond motifs is 2. The number of hydrogen-bond acceptors (Lipinski definition) is 4. The van der Waals surface area contributed by atoms with Crippen LogP contribution in [0.4, 0.5) is 0 Å². The largest absolute Gasteiger partial charge is 0.493 e. The summed E-state index contributed by atoms with van der Waals surface area (Å²) in [6.07, 6.45) is 0.612. The highest BCUT2D eigenvalue weighted by Gasteiger charge is 2.14. The first-order valence-corrected chi connectivity index (χ1v) is 11.6. The Morgan fingerprint density at radius 1 is 0.857 bits per heavy atom. The molecule has 0 fully saturated rings. The van der Waals surface area contributed by atoms with Crippen LogP contribution in [0, 0.1) is 0 Å². The maximum Gasteiger partial charge on any atom is 0.251 e. The lowest BCUT2D eigenvalue weighted by Gasteiger charge is -2.12. The van der Waals surface area contributed by atoms with Gasteiger partial charge in [-0.25, -0.2) is 4.98 Å². The summed E-state index contributed by atoms with van der Waals surface area (Å²) in [7, 11) is 3.13. The second-order valence-corrected chi connectivity index (χ2v) is 8.36. The van der Waals surface area contributed by atoms with Gasteiger partial charge in [-0.3, -0.25) is 4.79 Å². The van der Waals surface area contributed by atoms with Crippen LogP contribution in [0.2, 0.25) is 0 Å². The van der Waals surface area contributed by atoms with Gasteiger partial charge in [0.1, 0.15) is 5.82 Å². The second-order valence-electron chi connectivity index (χ2n) is 8.36. The molecule has 0 unspecified atom stereocenters. The Bertz CT molecular complexity index is 1510. The molecular formula is C29H27N3O3. The highest BCUT2D eigenvalue weighted by atomic mass is 16.5. The lowest BCUT2D eigenvalue weighted by Crippen LogP contribution is -2.26. The third-order valence-corrected chi connectivity index (χ3v) is 6.17.